The van der Waals surface area contributed by atoms with Crippen molar-refractivity contribution in [2.75, 3.05) is 26.7 Å². The molecule has 13 heteroatoms. The molecule has 2 heterocycles. The molecule has 0 aromatic rings. The monoisotopic (exact) mass is 590 g/mol. The number of aliphatic hydroxyl groups is 2. The van der Waals surface area contributed by atoms with Gasteiger partial charge in [-0.05, 0) is 78.1 Å². The van der Waals surface area contributed by atoms with E-state index in [9.17, 15) is 34.2 Å². The average Bonchev–Trinajstić information content (AvgIpc) is 3.03. The van der Waals surface area contributed by atoms with Crippen LogP contribution in [0, 0.1) is 5.41 Å². The Morgan fingerprint density at radius 3 is 2.10 bits per heavy atom. The first-order valence-electron chi connectivity index (χ1n) is 14.8. The molecule has 2 saturated heterocycles. The quantitative estimate of drug-likeness (QED) is 0.175. The van der Waals surface area contributed by atoms with Crippen molar-refractivity contribution in [2.24, 2.45) is 11.1 Å². The fraction of sp³-hybridized carbons (Fsp3) is 0.759. The molecule has 4 fully saturated rings. The number of nitrogens with zero attached hydrogens (tertiary/aromatic N) is 4. The average molecular weight is 591 g/mol. The van der Waals surface area contributed by atoms with Crippen molar-refractivity contribution < 1.29 is 34.2 Å². The maximum atomic E-state index is 13.7. The van der Waals surface area contributed by atoms with E-state index < -0.39 is 46.7 Å². The lowest BCUT2D eigenvalue weighted by Crippen LogP contribution is -2.66. The van der Waals surface area contributed by atoms with Crippen molar-refractivity contribution in [2.45, 2.75) is 109 Å². The molecule has 0 bridgehead atoms. The van der Waals surface area contributed by atoms with Crippen LogP contribution in [0.3, 0.4) is 0 Å². The van der Waals surface area contributed by atoms with E-state index in [0.717, 1.165) is 21.1 Å². The zero-order chi connectivity index (χ0) is 31.4. The van der Waals surface area contributed by atoms with Crippen LogP contribution >= 0.6 is 0 Å². The van der Waals surface area contributed by atoms with Gasteiger partial charge in [0.05, 0.1) is 17.7 Å². The zero-order valence-electron chi connectivity index (χ0n) is 25.7. The minimum absolute atomic E-state index is 0.000388. The van der Waals surface area contributed by atoms with Gasteiger partial charge in [0.15, 0.2) is 0 Å². The molecule has 0 atom stereocenters. The van der Waals surface area contributed by atoms with Crippen LogP contribution in [0.2, 0.25) is 0 Å². The van der Waals surface area contributed by atoms with E-state index in [4.69, 9.17) is 5.73 Å². The Morgan fingerprint density at radius 1 is 0.976 bits per heavy atom. The molecular weight excluding hydrogens is 544 g/mol. The lowest BCUT2D eigenvalue weighted by Gasteiger charge is -2.59. The van der Waals surface area contributed by atoms with E-state index in [1.54, 1.807) is 27.7 Å². The predicted octanol–water partition coefficient (Wildman–Crippen LogP) is 1.23. The fourth-order valence-electron chi connectivity index (χ4n) is 6.96. The number of hydrogen-bond donors (Lipinski definition) is 4. The summed E-state index contributed by atoms with van der Waals surface area (Å²) in [5.74, 6) is -1.94. The van der Waals surface area contributed by atoms with Gasteiger partial charge in [-0.3, -0.25) is 29.1 Å². The number of urea groups is 2. The number of unbranched alkanes of at least 4 members (excludes halogenated alkanes) is 1. The Hall–Kier alpha value is -3.19. The summed E-state index contributed by atoms with van der Waals surface area (Å²) in [6.07, 6.45) is 4.46. The van der Waals surface area contributed by atoms with Gasteiger partial charge in [-0.15, -0.1) is 0 Å². The molecule has 0 aromatic carbocycles. The van der Waals surface area contributed by atoms with Crippen LogP contribution in [-0.2, 0) is 14.4 Å². The highest BCUT2D eigenvalue weighted by Crippen LogP contribution is 2.61. The van der Waals surface area contributed by atoms with Crippen LogP contribution in [0.1, 0.15) is 86.0 Å². The van der Waals surface area contributed by atoms with Crippen LogP contribution in [0.15, 0.2) is 11.4 Å². The van der Waals surface area contributed by atoms with E-state index in [1.807, 2.05) is 6.92 Å². The lowest BCUT2D eigenvalue weighted by atomic mass is 9.51. The summed E-state index contributed by atoms with van der Waals surface area (Å²) in [6, 6.07) is -1.53. The van der Waals surface area contributed by atoms with E-state index in [1.165, 1.54) is 11.9 Å². The van der Waals surface area contributed by atoms with Gasteiger partial charge in [-0.2, -0.15) is 0 Å². The highest BCUT2D eigenvalue weighted by Gasteiger charge is 2.68. The molecule has 13 nitrogen and oxygen atoms in total. The lowest BCUT2D eigenvalue weighted by molar-refractivity contribution is -0.152. The third kappa shape index (κ3) is 5.60. The van der Waals surface area contributed by atoms with E-state index >= 15 is 0 Å². The van der Waals surface area contributed by atoms with Crippen LogP contribution < -0.4 is 11.1 Å². The Bertz CT molecular complexity index is 1180. The summed E-state index contributed by atoms with van der Waals surface area (Å²) in [4.78, 5) is 71.5. The maximum absolute atomic E-state index is 13.7. The van der Waals surface area contributed by atoms with Crippen LogP contribution in [0.4, 0.5) is 9.59 Å². The smallest absolute Gasteiger partial charge is 0.334 e. The summed E-state index contributed by atoms with van der Waals surface area (Å²) in [7, 11) is 1.46. The molecule has 0 radical (unpaired) electrons. The van der Waals surface area contributed by atoms with Crippen LogP contribution in [0.25, 0.3) is 0 Å². The molecule has 2 saturated carbocycles. The summed E-state index contributed by atoms with van der Waals surface area (Å²) in [6.45, 7) is 8.46. The number of likely N-dealkylation sites (N-methyl/N-ethyl adjacent to an activating group) is 1. The number of amides is 7. The highest BCUT2D eigenvalue weighted by atomic mass is 16.3. The first kappa shape index (κ1) is 31.7. The summed E-state index contributed by atoms with van der Waals surface area (Å²) in [5, 5.41) is 23.3. The molecule has 42 heavy (non-hydrogen) atoms. The van der Waals surface area contributed by atoms with Crippen molar-refractivity contribution in [1.29, 1.82) is 0 Å². The molecule has 4 aliphatic rings. The zero-order valence-corrected chi connectivity index (χ0v) is 25.7. The standard InChI is InChI=1S/C29H46N6O7/c1-7-8-13-33-21(36)19(20(30)31-16-26(2,3)41)22(37)35(25(33)40)18-9-11-28(12-10-18)14-29(15-28)23(38)32(6)24(39)34(29)17-27(4,5)42/h18,31,41-42H,7-17,30H2,1-6H3/b20-19+. The number of carbonyl (C=O) groups is 5. The first-order chi connectivity index (χ1) is 19.4. The number of β-amino-alcohol motifs (C(OH)–C–C–N with tert-alkyl or cyclic N) is 1. The van der Waals surface area contributed by atoms with Crippen LogP contribution in [-0.4, -0.2) is 109 Å². The third-order valence-corrected chi connectivity index (χ3v) is 9.04. The van der Waals surface area contributed by atoms with Gasteiger partial charge in [0.2, 0.25) is 0 Å². The number of imide groups is 3. The predicted molar refractivity (Wildman–Crippen MR) is 152 cm³/mol. The molecule has 7 amide bonds. The van der Waals surface area contributed by atoms with Gasteiger partial charge in [0, 0.05) is 26.2 Å². The second-order valence-corrected chi connectivity index (χ2v) is 13.9. The van der Waals surface area contributed by atoms with Gasteiger partial charge in [0.1, 0.15) is 16.9 Å². The SMILES string of the molecule is CCCCN1C(=O)/C(=C(/N)NCC(C)(C)O)C(=O)N(C2CCC3(CC2)CC2(C3)C(=O)N(C)C(=O)N2CC(C)(C)O)C1=O. The second-order valence-electron chi connectivity index (χ2n) is 13.9. The minimum atomic E-state index is -1.17. The normalized spacial score (nSPS) is 30.2. The van der Waals surface area contributed by atoms with Gasteiger partial charge < -0.3 is 26.2 Å². The maximum Gasteiger partial charge on any atom is 0.334 e. The van der Waals surface area contributed by atoms with Gasteiger partial charge in [-0.1, -0.05) is 13.3 Å². The molecule has 234 valence electrons. The van der Waals surface area contributed by atoms with E-state index in [-0.39, 0.29) is 42.4 Å². The van der Waals surface area contributed by atoms with Gasteiger partial charge >= 0.3 is 12.1 Å². The number of nitrogens with two attached hydrogens (primary N) is 1. The molecule has 2 aliphatic heterocycles. The van der Waals surface area contributed by atoms with Crippen LogP contribution in [0.5, 0.6) is 0 Å². The number of nitrogens with one attached hydrogen (secondary N) is 1. The Kier molecular flexibility index (Phi) is 8.18. The molecule has 0 unspecified atom stereocenters. The van der Waals surface area contributed by atoms with Crippen molar-refractivity contribution in [1.82, 2.24) is 24.9 Å². The molecule has 0 aromatic heterocycles. The third-order valence-electron chi connectivity index (χ3n) is 9.04. The number of rotatable bonds is 9. The Balaban J connectivity index is 1.53. The molecular formula is C29H46N6O7. The summed E-state index contributed by atoms with van der Waals surface area (Å²) >= 11 is 0. The van der Waals surface area contributed by atoms with E-state index in [0.29, 0.717) is 44.9 Å². The molecule has 5 N–H and O–H groups in total. The number of hydrogen-bond acceptors (Lipinski definition) is 9. The second kappa shape index (κ2) is 10.8. The first-order valence-corrected chi connectivity index (χ1v) is 14.8. The topological polar surface area (TPSA) is 177 Å². The van der Waals surface area contributed by atoms with Gasteiger partial charge in [0.25, 0.3) is 17.7 Å². The largest absolute Gasteiger partial charge is 0.389 e. The Labute approximate surface area is 247 Å². The molecule has 2 aliphatic carbocycles. The van der Waals surface area contributed by atoms with Crippen molar-refractivity contribution in [3.8, 4) is 0 Å². The summed E-state index contributed by atoms with van der Waals surface area (Å²) in [5.41, 5.74) is 2.31. The highest BCUT2D eigenvalue weighted by molar-refractivity contribution is 6.29. The van der Waals surface area contributed by atoms with Crippen molar-refractivity contribution >= 4 is 29.8 Å². The fourth-order valence-corrected chi connectivity index (χ4v) is 6.96. The molecule has 4 rings (SSSR count). The minimum Gasteiger partial charge on any atom is -0.389 e. The summed E-state index contributed by atoms with van der Waals surface area (Å²) < 4.78 is 0. The van der Waals surface area contributed by atoms with Crippen molar-refractivity contribution in [3.05, 3.63) is 11.4 Å². The number of carbonyl (C=O) groups excluding carboxylic acids is 5. The molecule has 2 spiro atoms. The number of barbiturate groups is 1. The van der Waals surface area contributed by atoms with Crippen molar-refractivity contribution in [3.63, 3.8) is 0 Å². The van der Waals surface area contributed by atoms with Gasteiger partial charge in [-0.25, -0.2) is 9.59 Å². The Morgan fingerprint density at radius 2 is 1.57 bits per heavy atom. The van der Waals surface area contributed by atoms with E-state index in [2.05, 4.69) is 5.32 Å².